The van der Waals surface area contributed by atoms with E-state index >= 15 is 0 Å². The second-order valence-electron chi connectivity index (χ2n) is 9.92. The molecule has 0 atom stereocenters. The molecule has 0 unspecified atom stereocenters. The Bertz CT molecular complexity index is 1240. The van der Waals surface area contributed by atoms with E-state index in [9.17, 15) is 14.0 Å². The Morgan fingerprint density at radius 3 is 2.64 bits per heavy atom. The quantitative estimate of drug-likeness (QED) is 0.583. The largest absolute Gasteiger partial charge is 0.342 e. The molecular formula is C28H36FN5O2. The van der Waals surface area contributed by atoms with Crippen LogP contribution in [0.3, 0.4) is 0 Å². The molecule has 1 aromatic heterocycles. The molecule has 0 aliphatic carbocycles. The van der Waals surface area contributed by atoms with Gasteiger partial charge in [-0.15, -0.1) is 0 Å². The first-order chi connectivity index (χ1) is 17.2. The number of anilines is 1. The molecule has 0 bridgehead atoms. The molecule has 0 saturated heterocycles. The highest BCUT2D eigenvalue weighted by atomic mass is 19.1. The van der Waals surface area contributed by atoms with Gasteiger partial charge in [0.15, 0.2) is 0 Å². The van der Waals surface area contributed by atoms with Gasteiger partial charge < -0.3 is 14.8 Å². The number of amides is 2. The summed E-state index contributed by atoms with van der Waals surface area (Å²) in [7, 11) is 0. The van der Waals surface area contributed by atoms with E-state index in [2.05, 4.69) is 34.8 Å². The van der Waals surface area contributed by atoms with E-state index in [0.29, 0.717) is 44.2 Å². The number of aromatic amines is 1. The molecule has 36 heavy (non-hydrogen) atoms. The number of carbonyl (C=O) groups excluding carboxylic acids is 2. The van der Waals surface area contributed by atoms with Crippen molar-refractivity contribution in [3.05, 3.63) is 59.2 Å². The fraction of sp³-hybridized carbons (Fsp3) is 0.464. The fourth-order valence-corrected chi connectivity index (χ4v) is 4.93. The number of hydrogen-bond acceptors (Lipinski definition) is 4. The third-order valence-corrected chi connectivity index (χ3v) is 6.94. The second-order valence-corrected chi connectivity index (χ2v) is 9.92. The molecule has 3 aromatic rings. The molecule has 0 radical (unpaired) electrons. The van der Waals surface area contributed by atoms with Crippen LogP contribution in [0.2, 0.25) is 0 Å². The number of carbonyl (C=O) groups is 2. The van der Waals surface area contributed by atoms with Crippen LogP contribution < -0.4 is 4.90 Å². The van der Waals surface area contributed by atoms with Gasteiger partial charge in [-0.2, -0.15) is 0 Å². The molecule has 7 nitrogen and oxygen atoms in total. The summed E-state index contributed by atoms with van der Waals surface area (Å²) >= 11 is 0. The number of nitrogens with one attached hydrogen (secondary N) is 1. The highest BCUT2D eigenvalue weighted by molar-refractivity contribution is 5.92. The minimum atomic E-state index is -0.388. The molecule has 192 valence electrons. The van der Waals surface area contributed by atoms with Gasteiger partial charge in [0, 0.05) is 52.1 Å². The van der Waals surface area contributed by atoms with E-state index in [4.69, 9.17) is 0 Å². The van der Waals surface area contributed by atoms with Crippen LogP contribution in [0.25, 0.3) is 11.0 Å². The lowest BCUT2D eigenvalue weighted by atomic mass is 10.1. The molecule has 1 N–H and O–H groups in total. The zero-order valence-corrected chi connectivity index (χ0v) is 21.7. The number of H-pyrrole nitrogens is 1. The van der Waals surface area contributed by atoms with Gasteiger partial charge in [-0.25, -0.2) is 9.37 Å². The zero-order valence-electron chi connectivity index (χ0n) is 21.7. The molecule has 2 amide bonds. The van der Waals surface area contributed by atoms with Gasteiger partial charge in [-0.05, 0) is 69.0 Å². The third-order valence-electron chi connectivity index (χ3n) is 6.94. The van der Waals surface area contributed by atoms with Crippen LogP contribution in [0.1, 0.15) is 50.6 Å². The number of aromatic nitrogens is 2. The summed E-state index contributed by atoms with van der Waals surface area (Å²) in [6.45, 7) is 10.7. The molecule has 0 fully saturated rings. The smallest absolute Gasteiger partial charge is 0.223 e. The first-order valence-corrected chi connectivity index (χ1v) is 12.7. The van der Waals surface area contributed by atoms with E-state index in [1.165, 1.54) is 19.1 Å². The minimum absolute atomic E-state index is 0.0449. The molecule has 0 spiro atoms. The normalized spacial score (nSPS) is 15.7. The monoisotopic (exact) mass is 493 g/mol. The lowest BCUT2D eigenvalue weighted by Gasteiger charge is -2.30. The van der Waals surface area contributed by atoms with Crippen molar-refractivity contribution in [3.63, 3.8) is 0 Å². The number of hydrogen-bond donors (Lipinski definition) is 1. The first kappa shape index (κ1) is 25.8. The van der Waals surface area contributed by atoms with Crippen molar-refractivity contribution in [3.8, 4) is 0 Å². The number of rotatable bonds is 4. The van der Waals surface area contributed by atoms with Gasteiger partial charge in [0.25, 0.3) is 0 Å². The van der Waals surface area contributed by atoms with Crippen molar-refractivity contribution < 1.29 is 14.0 Å². The van der Waals surface area contributed by atoms with Gasteiger partial charge in [-0.1, -0.05) is 12.1 Å². The summed E-state index contributed by atoms with van der Waals surface area (Å²) in [4.78, 5) is 39.5. The second kappa shape index (κ2) is 11.2. The number of benzene rings is 2. The van der Waals surface area contributed by atoms with E-state index in [1.807, 2.05) is 24.0 Å². The SMILES string of the molecule is CC(=O)N1CCCN(C(C)C)CCN(C(=O)CCc2ccc3nc(C)[nH]c3c2)Cc2ccc(F)cc21. The van der Waals surface area contributed by atoms with Crippen LogP contribution >= 0.6 is 0 Å². The van der Waals surface area contributed by atoms with Gasteiger partial charge in [0.1, 0.15) is 11.6 Å². The van der Waals surface area contributed by atoms with Crippen molar-refractivity contribution in [2.75, 3.05) is 31.1 Å². The Hall–Kier alpha value is -3.26. The zero-order chi connectivity index (χ0) is 25.8. The average Bonchev–Trinajstić information content (AvgIpc) is 3.19. The van der Waals surface area contributed by atoms with E-state index < -0.39 is 0 Å². The van der Waals surface area contributed by atoms with Crippen LogP contribution in [-0.4, -0.2) is 63.8 Å². The Kier molecular flexibility index (Phi) is 8.04. The van der Waals surface area contributed by atoms with Gasteiger partial charge in [0.05, 0.1) is 16.7 Å². The van der Waals surface area contributed by atoms with Crippen molar-refractivity contribution >= 4 is 28.5 Å². The molecule has 0 saturated carbocycles. The van der Waals surface area contributed by atoms with E-state index in [0.717, 1.165) is 47.5 Å². The first-order valence-electron chi connectivity index (χ1n) is 12.7. The Morgan fingerprint density at radius 1 is 1.08 bits per heavy atom. The maximum atomic E-state index is 14.2. The highest BCUT2D eigenvalue weighted by Gasteiger charge is 2.23. The maximum Gasteiger partial charge on any atom is 0.223 e. The van der Waals surface area contributed by atoms with Crippen molar-refractivity contribution in [1.29, 1.82) is 0 Å². The highest BCUT2D eigenvalue weighted by Crippen LogP contribution is 2.26. The van der Waals surface area contributed by atoms with E-state index in [1.54, 1.807) is 11.0 Å². The molecule has 4 rings (SSSR count). The summed E-state index contributed by atoms with van der Waals surface area (Å²) in [6.07, 6.45) is 1.76. The molecule has 2 heterocycles. The Balaban J connectivity index is 1.58. The standard InChI is InChI=1S/C28H36FN5O2/c1-19(2)32-12-5-13-34(21(4)35)27-17-24(29)9-8-23(27)18-33(15-14-32)28(36)11-7-22-6-10-25-26(16-22)31-20(3)30-25/h6,8-10,16-17,19H,5,7,11-15,18H2,1-4H3,(H,30,31). The van der Waals surface area contributed by atoms with Crippen LogP contribution in [0.5, 0.6) is 0 Å². The van der Waals surface area contributed by atoms with Crippen LogP contribution in [-0.2, 0) is 22.6 Å². The Labute approximate surface area is 212 Å². The summed E-state index contributed by atoms with van der Waals surface area (Å²) in [6, 6.07) is 10.9. The predicted octanol–water partition coefficient (Wildman–Crippen LogP) is 4.44. The molecule has 1 aliphatic heterocycles. The molecular weight excluding hydrogens is 457 g/mol. The molecule has 8 heteroatoms. The van der Waals surface area contributed by atoms with Crippen LogP contribution in [0, 0.1) is 12.7 Å². The summed E-state index contributed by atoms with van der Waals surface area (Å²) in [5.74, 6) is 0.398. The average molecular weight is 494 g/mol. The Morgan fingerprint density at radius 2 is 1.89 bits per heavy atom. The third kappa shape index (κ3) is 6.10. The van der Waals surface area contributed by atoms with Gasteiger partial charge in [0.2, 0.25) is 11.8 Å². The number of imidazole rings is 1. The summed E-state index contributed by atoms with van der Waals surface area (Å²) in [5.41, 5.74) is 4.31. The fourth-order valence-electron chi connectivity index (χ4n) is 4.93. The summed E-state index contributed by atoms with van der Waals surface area (Å²) in [5, 5.41) is 0. The number of halogens is 1. The van der Waals surface area contributed by atoms with Crippen molar-refractivity contribution in [2.45, 2.75) is 59.5 Å². The van der Waals surface area contributed by atoms with Crippen molar-refractivity contribution in [2.24, 2.45) is 0 Å². The number of fused-ring (bicyclic) bond motifs is 2. The lowest BCUT2D eigenvalue weighted by molar-refractivity contribution is -0.132. The van der Waals surface area contributed by atoms with E-state index in [-0.39, 0.29) is 17.6 Å². The molecule has 1 aliphatic rings. The number of nitrogens with zero attached hydrogens (tertiary/aromatic N) is 4. The lowest BCUT2D eigenvalue weighted by Crippen LogP contribution is -2.41. The van der Waals surface area contributed by atoms with Crippen LogP contribution in [0.4, 0.5) is 10.1 Å². The van der Waals surface area contributed by atoms with Gasteiger partial charge >= 0.3 is 0 Å². The number of aryl methyl sites for hydroxylation is 2. The summed E-state index contributed by atoms with van der Waals surface area (Å²) < 4.78 is 14.2. The predicted molar refractivity (Wildman–Crippen MR) is 140 cm³/mol. The van der Waals surface area contributed by atoms with Crippen molar-refractivity contribution in [1.82, 2.24) is 19.8 Å². The topological polar surface area (TPSA) is 72.5 Å². The van der Waals surface area contributed by atoms with Crippen LogP contribution in [0.15, 0.2) is 36.4 Å². The molecule has 2 aromatic carbocycles. The minimum Gasteiger partial charge on any atom is -0.342 e. The maximum absolute atomic E-state index is 14.2. The van der Waals surface area contributed by atoms with Gasteiger partial charge in [-0.3, -0.25) is 14.5 Å².